The quantitative estimate of drug-likeness (QED) is 0.235. The molecule has 0 radical (unpaired) electrons. The zero-order chi connectivity index (χ0) is 41.5. The number of fused-ring (bicyclic) bond motifs is 3. The lowest BCUT2D eigenvalue weighted by Gasteiger charge is -2.34. The summed E-state index contributed by atoms with van der Waals surface area (Å²) in [6.07, 6.45) is -1.06. The number of rotatable bonds is 10. The van der Waals surface area contributed by atoms with E-state index in [4.69, 9.17) is 18.9 Å². The van der Waals surface area contributed by atoms with E-state index in [0.29, 0.717) is 56.1 Å². The van der Waals surface area contributed by atoms with E-state index in [1.165, 1.54) is 18.2 Å². The predicted molar refractivity (Wildman–Crippen MR) is 200 cm³/mol. The fourth-order valence-corrected chi connectivity index (χ4v) is 9.21. The van der Waals surface area contributed by atoms with Crippen molar-refractivity contribution < 1.29 is 59.7 Å². The van der Waals surface area contributed by atoms with Crippen LogP contribution in [-0.2, 0) is 38.7 Å². The summed E-state index contributed by atoms with van der Waals surface area (Å²) in [4.78, 5) is 62.2. The molecule has 0 spiro atoms. The Morgan fingerprint density at radius 3 is 2.46 bits per heavy atom. The zero-order valence-corrected chi connectivity index (χ0v) is 33.5. The van der Waals surface area contributed by atoms with Gasteiger partial charge in [0.2, 0.25) is 33.3 Å². The van der Waals surface area contributed by atoms with Gasteiger partial charge in [0.15, 0.2) is 5.78 Å². The molecule has 0 unspecified atom stereocenters. The Balaban J connectivity index is 1.37. The first kappa shape index (κ1) is 42.4. The third-order valence-electron chi connectivity index (χ3n) is 11.5. The number of hydrogen-bond donors (Lipinski definition) is 1. The topological polar surface area (TPSA) is 167 Å². The van der Waals surface area contributed by atoms with Crippen molar-refractivity contribution in [3.8, 4) is 11.6 Å². The van der Waals surface area contributed by atoms with E-state index < -0.39 is 105 Å². The Labute approximate surface area is 330 Å². The lowest BCUT2D eigenvalue weighted by Crippen LogP contribution is -2.50. The van der Waals surface area contributed by atoms with Crippen LogP contribution in [0.25, 0.3) is 10.8 Å². The van der Waals surface area contributed by atoms with E-state index in [9.17, 15) is 40.8 Å². The summed E-state index contributed by atoms with van der Waals surface area (Å²) < 4.78 is 92.4. The van der Waals surface area contributed by atoms with Crippen LogP contribution in [0.4, 0.5) is 13.2 Å². The van der Waals surface area contributed by atoms with Crippen molar-refractivity contribution in [2.75, 3.05) is 13.7 Å². The maximum Gasteiger partial charge on any atom is 0.427 e. The molecule has 3 heterocycles. The Kier molecular flexibility index (Phi) is 12.0. The minimum Gasteiger partial charge on any atom is -0.494 e. The summed E-state index contributed by atoms with van der Waals surface area (Å²) in [5, 5.41) is 0.620. The number of carbonyl (C=O) groups is 4. The number of alkyl halides is 3. The van der Waals surface area contributed by atoms with E-state index in [0.717, 1.165) is 0 Å². The first-order chi connectivity index (χ1) is 26.8. The number of amides is 2. The molecule has 4 aliphatic rings. The normalized spacial score (nSPS) is 29.4. The minimum atomic E-state index is -4.89. The van der Waals surface area contributed by atoms with Crippen molar-refractivity contribution in [2.45, 2.75) is 127 Å². The SMILES string of the molecule is CC[C@@H]1O[C@H](C)CC/C=C\[C@@H]2C[C@@]2(C(=O)NS(=O)(=O)C2CC2)CC(=O)[C@@H]2C[C@@H](Oc3ncc(OC)c4ccccc34)CN2C(=O)[C@H]1CC(=O)OC(C)(C)C(F)(F)F. The average Bonchev–Trinajstić information content (AvgIpc) is 4.07. The molecule has 2 aliphatic heterocycles. The molecule has 0 bridgehead atoms. The molecule has 2 aromatic rings. The van der Waals surface area contributed by atoms with Crippen LogP contribution in [-0.4, -0.2) is 96.9 Å². The van der Waals surface area contributed by atoms with E-state index in [1.807, 2.05) is 24.3 Å². The largest absolute Gasteiger partial charge is 0.494 e. The van der Waals surface area contributed by atoms with Crippen molar-refractivity contribution >= 4 is 44.4 Å². The van der Waals surface area contributed by atoms with Crippen LogP contribution in [0.15, 0.2) is 42.6 Å². The number of sulfonamides is 1. The van der Waals surface area contributed by atoms with Gasteiger partial charge in [0.05, 0.1) is 61.1 Å². The molecule has 13 nitrogen and oxygen atoms in total. The Morgan fingerprint density at radius 2 is 1.81 bits per heavy atom. The van der Waals surface area contributed by atoms with Crippen LogP contribution >= 0.6 is 0 Å². The van der Waals surface area contributed by atoms with Gasteiger partial charge in [-0.15, -0.1) is 0 Å². The highest BCUT2D eigenvalue weighted by Gasteiger charge is 2.62. The van der Waals surface area contributed by atoms with E-state index in [-0.39, 0.29) is 31.7 Å². The molecule has 312 valence electrons. The number of methoxy groups -OCH3 is 1. The fourth-order valence-electron chi connectivity index (χ4n) is 7.83. The summed E-state index contributed by atoms with van der Waals surface area (Å²) in [7, 11) is -2.44. The Hall–Kier alpha value is -4.25. The number of ketones is 1. The van der Waals surface area contributed by atoms with Gasteiger partial charge in [-0.2, -0.15) is 13.2 Å². The highest BCUT2D eigenvalue weighted by molar-refractivity contribution is 7.90. The summed E-state index contributed by atoms with van der Waals surface area (Å²) >= 11 is 0. The average molecular weight is 822 g/mol. The van der Waals surface area contributed by atoms with Crippen molar-refractivity contribution in [3.05, 3.63) is 42.6 Å². The highest BCUT2D eigenvalue weighted by atomic mass is 32.2. The van der Waals surface area contributed by atoms with Gasteiger partial charge in [0.25, 0.3) is 0 Å². The van der Waals surface area contributed by atoms with Crippen molar-refractivity contribution in [2.24, 2.45) is 17.3 Å². The summed E-state index contributed by atoms with van der Waals surface area (Å²) in [6, 6.07) is 5.98. The number of ether oxygens (including phenoxy) is 4. The van der Waals surface area contributed by atoms with Crippen molar-refractivity contribution in [3.63, 3.8) is 0 Å². The number of carbonyl (C=O) groups excluding carboxylic acids is 4. The molecule has 1 N–H and O–H groups in total. The highest BCUT2D eigenvalue weighted by Crippen LogP contribution is 2.57. The number of aromatic nitrogens is 1. The van der Waals surface area contributed by atoms with Gasteiger partial charge in [0.1, 0.15) is 11.9 Å². The number of allylic oxidation sites excluding steroid dienone is 2. The first-order valence-corrected chi connectivity index (χ1v) is 20.9. The van der Waals surface area contributed by atoms with Gasteiger partial charge in [-0.05, 0) is 71.3 Å². The van der Waals surface area contributed by atoms with Crippen LogP contribution in [0.1, 0.15) is 85.5 Å². The number of halogens is 3. The number of Topliss-reactive ketones (excluding diaryl/α,β-unsaturated/α-hetero) is 1. The molecular weight excluding hydrogens is 772 g/mol. The van der Waals surface area contributed by atoms with Crippen LogP contribution in [0.5, 0.6) is 11.6 Å². The molecule has 2 saturated carbocycles. The number of esters is 1. The molecule has 57 heavy (non-hydrogen) atoms. The number of benzene rings is 1. The third-order valence-corrected chi connectivity index (χ3v) is 13.4. The van der Waals surface area contributed by atoms with E-state index >= 15 is 0 Å². The fraction of sp³-hybridized carbons (Fsp3) is 0.625. The third kappa shape index (κ3) is 9.08. The Bertz CT molecular complexity index is 2020. The number of nitrogens with one attached hydrogen (secondary N) is 1. The van der Waals surface area contributed by atoms with Gasteiger partial charge in [-0.25, -0.2) is 13.4 Å². The molecule has 7 atom stereocenters. The molecule has 1 aromatic heterocycles. The molecule has 17 heteroatoms. The summed E-state index contributed by atoms with van der Waals surface area (Å²) in [5.41, 5.74) is -4.24. The van der Waals surface area contributed by atoms with Crippen molar-refractivity contribution in [1.82, 2.24) is 14.6 Å². The second kappa shape index (κ2) is 16.2. The molecule has 6 rings (SSSR count). The first-order valence-electron chi connectivity index (χ1n) is 19.4. The second-order valence-corrected chi connectivity index (χ2v) is 18.1. The molecule has 2 amide bonds. The summed E-state index contributed by atoms with van der Waals surface area (Å²) in [6.45, 7) is 4.75. The predicted octanol–water partition coefficient (Wildman–Crippen LogP) is 5.59. The van der Waals surface area contributed by atoms with Gasteiger partial charge >= 0.3 is 12.1 Å². The van der Waals surface area contributed by atoms with E-state index in [2.05, 4.69) is 9.71 Å². The number of hydrogen-bond acceptors (Lipinski definition) is 11. The maximum atomic E-state index is 14.9. The lowest BCUT2D eigenvalue weighted by atomic mass is 9.90. The van der Waals surface area contributed by atoms with E-state index in [1.54, 1.807) is 26.0 Å². The van der Waals surface area contributed by atoms with Crippen LogP contribution in [0, 0.1) is 17.3 Å². The molecular formula is C40H50F3N3O10S. The van der Waals surface area contributed by atoms with Gasteiger partial charge in [0, 0.05) is 23.6 Å². The number of pyridine rings is 1. The Morgan fingerprint density at radius 1 is 1.11 bits per heavy atom. The van der Waals surface area contributed by atoms with Crippen LogP contribution < -0.4 is 14.2 Å². The molecule has 2 aliphatic carbocycles. The van der Waals surface area contributed by atoms with Gasteiger partial charge in [-0.3, -0.25) is 23.9 Å². The zero-order valence-electron chi connectivity index (χ0n) is 32.7. The number of nitrogens with zero attached hydrogens (tertiary/aromatic N) is 2. The summed E-state index contributed by atoms with van der Waals surface area (Å²) in [5.74, 6) is -4.45. The standard InChI is InChI=1S/C40H50F3N3O10S/c1-6-32-29(18-34(48)56-38(3,4)40(41,42)43)36(49)46-22-25(55-35-28-14-10-9-13-27(28)33(53-5)21-44-35)17-30(46)31(47)20-39(37(50)45-57(51,52)26-15-16-26)19-24(39)12-8-7-11-23(2)54-32/h8-10,12-14,21,23-26,29-30,32H,6-7,11,15-20,22H2,1-5H3,(H,45,50)/b12-8-/t23-,24-,25-,29+,30+,32+,39-/m1/s1. The molecule has 3 fully saturated rings. The second-order valence-electron chi connectivity index (χ2n) is 16.1. The monoisotopic (exact) mass is 821 g/mol. The van der Waals surface area contributed by atoms with Gasteiger partial charge < -0.3 is 23.8 Å². The lowest BCUT2D eigenvalue weighted by molar-refractivity contribution is -0.258. The molecule has 1 saturated heterocycles. The maximum absolute atomic E-state index is 14.9. The van der Waals surface area contributed by atoms with Gasteiger partial charge in [-0.1, -0.05) is 37.3 Å². The minimum absolute atomic E-state index is 0.0580. The van der Waals surface area contributed by atoms with Crippen LogP contribution in [0.2, 0.25) is 0 Å². The smallest absolute Gasteiger partial charge is 0.427 e. The molecule has 1 aromatic carbocycles. The van der Waals surface area contributed by atoms with Crippen molar-refractivity contribution in [1.29, 1.82) is 0 Å². The van der Waals surface area contributed by atoms with Crippen LogP contribution in [0.3, 0.4) is 0 Å².